The molecular formula is C14H7Cl3. The van der Waals surface area contributed by atoms with Crippen molar-refractivity contribution in [2.24, 2.45) is 0 Å². The molecule has 3 rings (SSSR count). The second kappa shape index (κ2) is 4.06. The maximum atomic E-state index is 6.41. The first kappa shape index (κ1) is 11.2. The smallest absolute Gasteiger partial charge is 0.0578 e. The van der Waals surface area contributed by atoms with Crippen LogP contribution in [-0.4, -0.2) is 0 Å². The van der Waals surface area contributed by atoms with Gasteiger partial charge in [-0.3, -0.25) is 0 Å². The lowest BCUT2D eigenvalue weighted by Crippen LogP contribution is -1.81. The summed E-state index contributed by atoms with van der Waals surface area (Å²) in [6.07, 6.45) is 0. The van der Waals surface area contributed by atoms with Gasteiger partial charge in [-0.15, -0.1) is 0 Å². The third-order valence-electron chi connectivity index (χ3n) is 2.85. The van der Waals surface area contributed by atoms with Gasteiger partial charge in [0.2, 0.25) is 0 Å². The molecule has 0 saturated heterocycles. The quantitative estimate of drug-likeness (QED) is 0.446. The minimum Gasteiger partial charge on any atom is -0.0837 e. The highest BCUT2D eigenvalue weighted by molar-refractivity contribution is 6.47. The fourth-order valence-corrected chi connectivity index (χ4v) is 2.99. The van der Waals surface area contributed by atoms with Crippen molar-refractivity contribution < 1.29 is 0 Å². The van der Waals surface area contributed by atoms with Crippen molar-refractivity contribution >= 4 is 56.3 Å². The minimum atomic E-state index is 0.658. The van der Waals surface area contributed by atoms with E-state index in [-0.39, 0.29) is 0 Å². The number of hydrogen-bond donors (Lipinski definition) is 0. The lowest BCUT2D eigenvalue weighted by molar-refractivity contribution is 1.76. The fourth-order valence-electron chi connectivity index (χ4n) is 2.06. The van der Waals surface area contributed by atoms with Crippen molar-refractivity contribution in [3.05, 3.63) is 57.5 Å². The van der Waals surface area contributed by atoms with Crippen LogP contribution in [0.3, 0.4) is 0 Å². The van der Waals surface area contributed by atoms with Gasteiger partial charge in [0.25, 0.3) is 0 Å². The highest BCUT2D eigenvalue weighted by Crippen LogP contribution is 2.38. The van der Waals surface area contributed by atoms with Crippen molar-refractivity contribution in [1.29, 1.82) is 0 Å². The summed E-state index contributed by atoms with van der Waals surface area (Å²) in [5.41, 5.74) is 0. The molecule has 0 amide bonds. The first-order valence-corrected chi connectivity index (χ1v) is 6.27. The van der Waals surface area contributed by atoms with E-state index < -0.39 is 0 Å². The molecule has 3 heteroatoms. The van der Waals surface area contributed by atoms with Gasteiger partial charge < -0.3 is 0 Å². The number of benzene rings is 3. The summed E-state index contributed by atoms with van der Waals surface area (Å²) < 4.78 is 0. The Bertz CT molecular complexity index is 732. The Balaban J connectivity index is 2.63. The van der Waals surface area contributed by atoms with Gasteiger partial charge in [-0.05, 0) is 23.6 Å². The first-order chi connectivity index (χ1) is 8.18. The van der Waals surface area contributed by atoms with E-state index in [1.807, 2.05) is 42.5 Å². The molecular weight excluding hydrogens is 275 g/mol. The fraction of sp³-hybridized carbons (Fsp3) is 0. The topological polar surface area (TPSA) is 0 Å². The second-order valence-electron chi connectivity index (χ2n) is 3.86. The van der Waals surface area contributed by atoms with E-state index in [1.165, 1.54) is 0 Å². The van der Waals surface area contributed by atoms with E-state index in [9.17, 15) is 0 Å². The van der Waals surface area contributed by atoms with Gasteiger partial charge in [0, 0.05) is 26.2 Å². The monoisotopic (exact) mass is 280 g/mol. The molecule has 0 atom stereocenters. The number of fused-ring (bicyclic) bond motifs is 2. The van der Waals surface area contributed by atoms with Gasteiger partial charge in [-0.1, -0.05) is 59.1 Å². The molecule has 0 bridgehead atoms. The lowest BCUT2D eigenvalue weighted by Gasteiger charge is -2.08. The molecule has 3 aromatic carbocycles. The molecule has 0 fully saturated rings. The summed E-state index contributed by atoms with van der Waals surface area (Å²) >= 11 is 18.8. The van der Waals surface area contributed by atoms with Gasteiger partial charge in [-0.25, -0.2) is 0 Å². The Morgan fingerprint density at radius 1 is 0.706 bits per heavy atom. The summed E-state index contributed by atoms with van der Waals surface area (Å²) in [6, 6.07) is 13.4. The van der Waals surface area contributed by atoms with E-state index in [0.29, 0.717) is 15.1 Å². The zero-order valence-corrected chi connectivity index (χ0v) is 10.9. The molecule has 0 spiro atoms. The van der Waals surface area contributed by atoms with Crippen molar-refractivity contribution in [3.63, 3.8) is 0 Å². The zero-order valence-electron chi connectivity index (χ0n) is 8.68. The van der Waals surface area contributed by atoms with Crippen LogP contribution >= 0.6 is 34.8 Å². The van der Waals surface area contributed by atoms with Crippen LogP contribution in [0, 0.1) is 0 Å². The summed E-state index contributed by atoms with van der Waals surface area (Å²) in [7, 11) is 0. The lowest BCUT2D eigenvalue weighted by atomic mass is 10.0. The highest BCUT2D eigenvalue weighted by Gasteiger charge is 2.09. The van der Waals surface area contributed by atoms with Crippen molar-refractivity contribution in [2.75, 3.05) is 0 Å². The summed E-state index contributed by atoms with van der Waals surface area (Å²) in [5, 5.41) is 5.79. The Hall–Kier alpha value is -0.950. The Labute approximate surface area is 114 Å². The third kappa shape index (κ3) is 1.68. The van der Waals surface area contributed by atoms with Crippen LogP contribution < -0.4 is 0 Å². The van der Waals surface area contributed by atoms with Crippen LogP contribution in [0.25, 0.3) is 21.5 Å². The van der Waals surface area contributed by atoms with Crippen LogP contribution in [0.2, 0.25) is 15.1 Å². The molecule has 0 aromatic heterocycles. The number of hydrogen-bond acceptors (Lipinski definition) is 0. The van der Waals surface area contributed by atoms with Crippen LogP contribution in [0.1, 0.15) is 0 Å². The normalized spacial score (nSPS) is 11.2. The average molecular weight is 282 g/mol. The van der Waals surface area contributed by atoms with E-state index in [1.54, 1.807) is 0 Å². The molecule has 0 unspecified atom stereocenters. The van der Waals surface area contributed by atoms with Crippen LogP contribution in [-0.2, 0) is 0 Å². The van der Waals surface area contributed by atoms with Crippen LogP contribution in [0.5, 0.6) is 0 Å². The molecule has 0 saturated carbocycles. The number of rotatable bonds is 0. The maximum absolute atomic E-state index is 6.41. The third-order valence-corrected chi connectivity index (χ3v) is 3.89. The van der Waals surface area contributed by atoms with E-state index in [0.717, 1.165) is 21.5 Å². The first-order valence-electron chi connectivity index (χ1n) is 5.13. The SMILES string of the molecule is Clc1cccc2c(Cl)c3c(Cl)cccc3cc12. The number of halogens is 3. The molecule has 0 radical (unpaired) electrons. The minimum absolute atomic E-state index is 0.658. The zero-order chi connectivity index (χ0) is 12.0. The Kier molecular flexibility index (Phi) is 2.67. The molecule has 0 aliphatic rings. The molecule has 0 N–H and O–H groups in total. The van der Waals surface area contributed by atoms with Crippen molar-refractivity contribution in [3.8, 4) is 0 Å². The predicted molar refractivity (Wildman–Crippen MR) is 76.5 cm³/mol. The largest absolute Gasteiger partial charge is 0.0837 e. The van der Waals surface area contributed by atoms with E-state index >= 15 is 0 Å². The van der Waals surface area contributed by atoms with Crippen molar-refractivity contribution in [1.82, 2.24) is 0 Å². The predicted octanol–water partition coefficient (Wildman–Crippen LogP) is 5.95. The van der Waals surface area contributed by atoms with Gasteiger partial charge in [0.05, 0.1) is 5.02 Å². The standard InChI is InChI=1S/C14H7Cl3/c15-11-5-2-4-9-10(11)7-8-3-1-6-12(16)13(8)14(9)17/h1-7H. The molecule has 0 nitrogen and oxygen atoms in total. The van der Waals surface area contributed by atoms with Crippen LogP contribution in [0.15, 0.2) is 42.5 Å². The Morgan fingerprint density at radius 3 is 2.24 bits per heavy atom. The van der Waals surface area contributed by atoms with Gasteiger partial charge >= 0.3 is 0 Å². The molecule has 3 aromatic rings. The summed E-state index contributed by atoms with van der Waals surface area (Å²) in [6.45, 7) is 0. The molecule has 84 valence electrons. The molecule has 0 heterocycles. The van der Waals surface area contributed by atoms with E-state index in [2.05, 4.69) is 0 Å². The van der Waals surface area contributed by atoms with Gasteiger partial charge in [0.15, 0.2) is 0 Å². The molecule has 17 heavy (non-hydrogen) atoms. The summed E-state index contributed by atoms with van der Waals surface area (Å²) in [5.74, 6) is 0. The van der Waals surface area contributed by atoms with Crippen LogP contribution in [0.4, 0.5) is 0 Å². The molecule has 0 aliphatic carbocycles. The average Bonchev–Trinajstić information content (AvgIpc) is 2.31. The Morgan fingerprint density at radius 2 is 1.41 bits per heavy atom. The van der Waals surface area contributed by atoms with Gasteiger partial charge in [-0.2, -0.15) is 0 Å². The van der Waals surface area contributed by atoms with Crippen molar-refractivity contribution in [2.45, 2.75) is 0 Å². The van der Waals surface area contributed by atoms with Gasteiger partial charge in [0.1, 0.15) is 0 Å². The second-order valence-corrected chi connectivity index (χ2v) is 5.06. The maximum Gasteiger partial charge on any atom is 0.0578 e. The highest BCUT2D eigenvalue weighted by atomic mass is 35.5. The molecule has 0 aliphatic heterocycles. The van der Waals surface area contributed by atoms with E-state index in [4.69, 9.17) is 34.8 Å². The summed E-state index contributed by atoms with van der Waals surface area (Å²) in [4.78, 5) is 0.